The predicted octanol–water partition coefficient (Wildman–Crippen LogP) is 5.32. The van der Waals surface area contributed by atoms with Crippen LogP contribution in [-0.4, -0.2) is 43.6 Å². The van der Waals surface area contributed by atoms with Crippen LogP contribution in [0.5, 0.6) is 0 Å². The Bertz CT molecular complexity index is 437. The number of rotatable bonds is 5. The molecule has 0 aromatic rings. The molecule has 0 heterocycles. The van der Waals surface area contributed by atoms with Gasteiger partial charge in [0, 0.05) is 34.6 Å². The van der Waals surface area contributed by atoms with Crippen LogP contribution >= 0.6 is 0 Å². The maximum atomic E-state index is 9.83. The standard InChI is InChI=1S/C14H39NSi6/c1-16(2,3)18(6,7)20(10,11)21(12,13)19(8,9)17(4,5)14-15/h1-13H3. The maximum Gasteiger partial charge on any atom is 0.155 e. The molecule has 0 fully saturated rings. The summed E-state index contributed by atoms with van der Waals surface area (Å²) >= 11 is 0. The monoisotopic (exact) mass is 389 g/mol. The number of hydrogen-bond acceptors (Lipinski definition) is 1. The highest BCUT2D eigenvalue weighted by molar-refractivity contribution is 7.97. The summed E-state index contributed by atoms with van der Waals surface area (Å²) in [4.78, 5) is 0. The van der Waals surface area contributed by atoms with Crippen LogP contribution in [0.3, 0.4) is 0 Å². The second-order valence-corrected chi connectivity index (χ2v) is 75.7. The Morgan fingerprint density at radius 1 is 0.476 bits per heavy atom. The van der Waals surface area contributed by atoms with E-state index in [4.69, 9.17) is 0 Å². The third-order valence-corrected chi connectivity index (χ3v) is 127. The lowest BCUT2D eigenvalue weighted by Crippen LogP contribution is -2.87. The molecule has 0 aliphatic heterocycles. The van der Waals surface area contributed by atoms with E-state index in [1.165, 1.54) is 0 Å². The second-order valence-electron chi connectivity index (χ2n) is 10.5. The molecule has 124 valence electrons. The van der Waals surface area contributed by atoms with Crippen molar-refractivity contribution in [2.75, 3.05) is 0 Å². The van der Waals surface area contributed by atoms with Crippen molar-refractivity contribution in [2.24, 2.45) is 0 Å². The van der Waals surface area contributed by atoms with Gasteiger partial charge >= 0.3 is 0 Å². The SMILES string of the molecule is C[Si](C)(C)[Si](C)(C)[Si](C)(C)[Si](C)(C)[Si](C)(C)[Si](C)(C)C#N. The van der Waals surface area contributed by atoms with Crippen molar-refractivity contribution >= 4 is 43.6 Å². The average molecular weight is 390 g/mol. The quantitative estimate of drug-likeness (QED) is 0.583. The topological polar surface area (TPSA) is 23.8 Å². The van der Waals surface area contributed by atoms with Gasteiger partial charge in [-0.25, -0.2) is 5.26 Å². The maximum absolute atomic E-state index is 9.83. The molecular formula is C14H39NSi6. The highest BCUT2D eigenvalue weighted by Crippen LogP contribution is 2.41. The fraction of sp³-hybridized carbons (Fsp3) is 0.929. The lowest BCUT2D eigenvalue weighted by atomic mass is 11.7. The van der Waals surface area contributed by atoms with E-state index in [0.29, 0.717) is 0 Å². The number of hydrogen-bond donors (Lipinski definition) is 0. The number of nitrogens with zero attached hydrogens (tertiary/aromatic N) is 1. The van der Waals surface area contributed by atoms with Gasteiger partial charge in [0.2, 0.25) is 0 Å². The fourth-order valence-corrected chi connectivity index (χ4v) is 149. The molecule has 0 radical (unpaired) electrons. The third-order valence-electron chi connectivity index (χ3n) is 8.40. The first-order chi connectivity index (χ1) is 8.81. The van der Waals surface area contributed by atoms with E-state index < -0.39 is 43.6 Å². The first kappa shape index (κ1) is 21.8. The zero-order valence-electron chi connectivity index (χ0n) is 16.9. The first-order valence-electron chi connectivity index (χ1n) is 8.22. The van der Waals surface area contributed by atoms with Crippen molar-refractivity contribution < 1.29 is 0 Å². The molecule has 0 atom stereocenters. The molecule has 0 bridgehead atoms. The van der Waals surface area contributed by atoms with Gasteiger partial charge in [0.15, 0.2) is 7.59 Å². The molecule has 0 amide bonds. The number of nitriles is 1. The molecular weight excluding hydrogens is 351 g/mol. The van der Waals surface area contributed by atoms with E-state index in [1.54, 1.807) is 0 Å². The van der Waals surface area contributed by atoms with Crippen LogP contribution in [-0.2, 0) is 0 Å². The van der Waals surface area contributed by atoms with E-state index in [9.17, 15) is 5.26 Å². The summed E-state index contributed by atoms with van der Waals surface area (Å²) in [7, 11) is -8.04. The molecule has 0 aromatic carbocycles. The zero-order valence-corrected chi connectivity index (χ0v) is 22.9. The van der Waals surface area contributed by atoms with E-state index >= 15 is 0 Å². The fourth-order valence-electron chi connectivity index (χ4n) is 3.42. The van der Waals surface area contributed by atoms with Crippen LogP contribution in [0.2, 0.25) is 85.1 Å². The Hall–Kier alpha value is 0.791. The molecule has 0 saturated carbocycles. The Kier molecular flexibility index (Phi) is 5.92. The van der Waals surface area contributed by atoms with Gasteiger partial charge in [0.25, 0.3) is 0 Å². The molecule has 0 spiro atoms. The Morgan fingerprint density at radius 2 is 0.762 bits per heavy atom. The van der Waals surface area contributed by atoms with Crippen LogP contribution in [0.1, 0.15) is 0 Å². The normalized spacial score (nSPS) is 15.8. The van der Waals surface area contributed by atoms with Crippen molar-refractivity contribution in [2.45, 2.75) is 85.1 Å². The minimum Gasteiger partial charge on any atom is -0.207 e. The largest absolute Gasteiger partial charge is 0.207 e. The predicted molar refractivity (Wildman–Crippen MR) is 116 cm³/mol. The molecule has 0 aromatic heterocycles. The Labute approximate surface area is 139 Å². The highest BCUT2D eigenvalue weighted by atomic mass is 30.0. The first-order valence-corrected chi connectivity index (χ1v) is 31.7. The molecule has 7 heteroatoms. The minimum absolute atomic E-state index is 1.09. The Morgan fingerprint density at radius 3 is 1.00 bits per heavy atom. The van der Waals surface area contributed by atoms with Crippen molar-refractivity contribution in [3.8, 4) is 5.69 Å². The van der Waals surface area contributed by atoms with Gasteiger partial charge in [-0.3, -0.25) is 0 Å². The van der Waals surface area contributed by atoms with Crippen LogP contribution < -0.4 is 0 Å². The second kappa shape index (κ2) is 5.70. The molecule has 0 rings (SSSR count). The van der Waals surface area contributed by atoms with Gasteiger partial charge in [-0.2, -0.15) is 0 Å². The van der Waals surface area contributed by atoms with Crippen molar-refractivity contribution in [1.29, 1.82) is 5.26 Å². The van der Waals surface area contributed by atoms with E-state index in [0.717, 1.165) is 0 Å². The zero-order chi connectivity index (χ0) is 17.7. The lowest BCUT2D eigenvalue weighted by Gasteiger charge is -2.60. The van der Waals surface area contributed by atoms with Gasteiger partial charge in [0.05, 0.1) is 7.11 Å². The summed E-state index contributed by atoms with van der Waals surface area (Å²) in [6.07, 6.45) is 0. The molecule has 0 aliphatic carbocycles. The van der Waals surface area contributed by atoms with Gasteiger partial charge in [-0.1, -0.05) is 85.1 Å². The van der Waals surface area contributed by atoms with Crippen LogP contribution in [0.4, 0.5) is 0 Å². The summed E-state index contributed by atoms with van der Waals surface area (Å²) in [5, 5.41) is 9.83. The minimum atomic E-state index is -1.71. The molecule has 0 N–H and O–H groups in total. The summed E-state index contributed by atoms with van der Waals surface area (Å²) in [6.45, 7) is 34.1. The van der Waals surface area contributed by atoms with E-state index in [-0.39, 0.29) is 0 Å². The summed E-state index contributed by atoms with van der Waals surface area (Å²) < 4.78 is 0. The van der Waals surface area contributed by atoms with Gasteiger partial charge in [-0.15, -0.1) is 0 Å². The lowest BCUT2D eigenvalue weighted by molar-refractivity contribution is 1.54. The molecule has 1 nitrogen and oxygen atoms in total. The van der Waals surface area contributed by atoms with E-state index in [1.807, 2.05) is 0 Å². The van der Waals surface area contributed by atoms with Crippen LogP contribution in [0.25, 0.3) is 0 Å². The van der Waals surface area contributed by atoms with Gasteiger partial charge in [-0.05, 0) is 0 Å². The third kappa shape index (κ3) is 3.08. The molecule has 21 heavy (non-hydrogen) atoms. The smallest absolute Gasteiger partial charge is 0.155 e. The molecule has 0 saturated heterocycles. The molecule has 0 unspecified atom stereocenters. The van der Waals surface area contributed by atoms with Crippen molar-refractivity contribution in [3.05, 3.63) is 0 Å². The summed E-state index contributed by atoms with van der Waals surface area (Å²) in [5.74, 6) is 0. The van der Waals surface area contributed by atoms with Crippen molar-refractivity contribution in [3.63, 3.8) is 0 Å². The molecule has 0 aliphatic rings. The van der Waals surface area contributed by atoms with Crippen LogP contribution in [0.15, 0.2) is 0 Å². The van der Waals surface area contributed by atoms with Gasteiger partial charge < -0.3 is 0 Å². The van der Waals surface area contributed by atoms with Gasteiger partial charge in [0.1, 0.15) is 0 Å². The Balaban J connectivity index is 6.22. The highest BCUT2D eigenvalue weighted by Gasteiger charge is 2.65. The summed E-state index contributed by atoms with van der Waals surface area (Å²) in [6, 6.07) is 0. The van der Waals surface area contributed by atoms with E-state index in [2.05, 4.69) is 90.8 Å². The van der Waals surface area contributed by atoms with Crippen LogP contribution in [0, 0.1) is 11.0 Å². The summed E-state index contributed by atoms with van der Waals surface area (Å²) in [5.41, 5.74) is 2.83. The van der Waals surface area contributed by atoms with Crippen molar-refractivity contribution in [1.82, 2.24) is 0 Å². The average Bonchev–Trinajstić information content (AvgIpc) is 2.26.